The number of aromatic amines is 1. The number of anilines is 1. The van der Waals surface area contributed by atoms with E-state index in [2.05, 4.69) is 10.3 Å². The molecular formula is C16H20N4O3. The summed E-state index contributed by atoms with van der Waals surface area (Å²) in [6.45, 7) is 2.23. The number of fused-ring (bicyclic) bond motifs is 1. The summed E-state index contributed by atoms with van der Waals surface area (Å²) in [5.74, 6) is -0.749. The third kappa shape index (κ3) is 3.06. The van der Waals surface area contributed by atoms with Gasteiger partial charge in [0.1, 0.15) is 11.3 Å². The normalized spacial score (nSPS) is 24.5. The van der Waals surface area contributed by atoms with Gasteiger partial charge >= 0.3 is 0 Å². The minimum absolute atomic E-state index is 0.0372. The molecular weight excluding hydrogens is 296 g/mol. The summed E-state index contributed by atoms with van der Waals surface area (Å²) in [4.78, 5) is 26.6. The van der Waals surface area contributed by atoms with E-state index in [-0.39, 0.29) is 11.9 Å². The molecule has 1 aromatic heterocycles. The second-order valence-corrected chi connectivity index (χ2v) is 6.14. The third-order valence-corrected chi connectivity index (χ3v) is 4.19. The molecule has 6 N–H and O–H groups in total. The largest absolute Gasteiger partial charge is 0.365 e. The molecule has 2 amide bonds. The van der Waals surface area contributed by atoms with E-state index in [1.165, 1.54) is 0 Å². The number of benzene rings is 1. The summed E-state index contributed by atoms with van der Waals surface area (Å²) in [6, 6.07) is 6.94. The van der Waals surface area contributed by atoms with Gasteiger partial charge in [-0.2, -0.15) is 0 Å². The van der Waals surface area contributed by atoms with E-state index in [4.69, 9.17) is 16.2 Å². The second-order valence-electron chi connectivity index (χ2n) is 6.14. The van der Waals surface area contributed by atoms with Gasteiger partial charge in [-0.3, -0.25) is 9.59 Å². The molecule has 0 saturated carbocycles. The van der Waals surface area contributed by atoms with Crippen molar-refractivity contribution in [2.24, 2.45) is 11.5 Å². The molecule has 1 aliphatic heterocycles. The standard InChI is InChI=1S/C16H20N4O3/c1-16(8-10(17)4-5-23-16)15(22)19-11-2-3-12-9(6-11)7-13(20-12)14(18)21/h2-3,6-7,10,20H,4-5,8,17H2,1H3,(H2,18,21)(H,19,22). The Balaban J connectivity index is 1.80. The molecule has 0 bridgehead atoms. The summed E-state index contributed by atoms with van der Waals surface area (Å²) in [6.07, 6.45) is 1.24. The molecule has 23 heavy (non-hydrogen) atoms. The van der Waals surface area contributed by atoms with Crippen LogP contribution in [0.5, 0.6) is 0 Å². The summed E-state index contributed by atoms with van der Waals surface area (Å²) < 4.78 is 5.63. The topological polar surface area (TPSA) is 123 Å². The number of carbonyl (C=O) groups is 2. The van der Waals surface area contributed by atoms with Gasteiger partial charge in [0, 0.05) is 35.7 Å². The Morgan fingerprint density at radius 3 is 2.87 bits per heavy atom. The van der Waals surface area contributed by atoms with Crippen LogP contribution in [0.1, 0.15) is 30.3 Å². The number of amides is 2. The molecule has 7 nitrogen and oxygen atoms in total. The molecule has 2 aromatic rings. The second kappa shape index (κ2) is 5.68. The zero-order chi connectivity index (χ0) is 16.6. The lowest BCUT2D eigenvalue weighted by molar-refractivity contribution is -0.145. The van der Waals surface area contributed by atoms with Crippen LogP contribution in [0, 0.1) is 0 Å². The number of ether oxygens (including phenoxy) is 1. The molecule has 1 aliphatic rings. The van der Waals surface area contributed by atoms with Crippen LogP contribution in [0.2, 0.25) is 0 Å². The van der Waals surface area contributed by atoms with Crippen molar-refractivity contribution in [1.29, 1.82) is 0 Å². The number of primary amides is 1. The maximum Gasteiger partial charge on any atom is 0.265 e. The molecule has 0 radical (unpaired) electrons. The van der Waals surface area contributed by atoms with Crippen LogP contribution in [0.3, 0.4) is 0 Å². The van der Waals surface area contributed by atoms with Crippen LogP contribution in [0.4, 0.5) is 5.69 Å². The Hall–Kier alpha value is -2.38. The highest BCUT2D eigenvalue weighted by molar-refractivity contribution is 6.01. The van der Waals surface area contributed by atoms with E-state index in [9.17, 15) is 9.59 Å². The summed E-state index contributed by atoms with van der Waals surface area (Å²) >= 11 is 0. The van der Waals surface area contributed by atoms with Gasteiger partial charge in [0.2, 0.25) is 0 Å². The van der Waals surface area contributed by atoms with E-state index >= 15 is 0 Å². The van der Waals surface area contributed by atoms with Crippen molar-refractivity contribution in [2.45, 2.75) is 31.4 Å². The first-order chi connectivity index (χ1) is 10.9. The highest BCUT2D eigenvalue weighted by Gasteiger charge is 2.39. The molecule has 1 saturated heterocycles. The summed E-state index contributed by atoms with van der Waals surface area (Å²) in [5, 5.41) is 3.65. The Morgan fingerprint density at radius 1 is 1.39 bits per heavy atom. The first kappa shape index (κ1) is 15.5. The fourth-order valence-corrected chi connectivity index (χ4v) is 2.86. The molecule has 0 spiro atoms. The van der Waals surface area contributed by atoms with Crippen LogP contribution in [0.25, 0.3) is 10.9 Å². The number of carbonyl (C=O) groups excluding carboxylic acids is 2. The van der Waals surface area contributed by atoms with Crippen LogP contribution >= 0.6 is 0 Å². The van der Waals surface area contributed by atoms with Crippen LogP contribution < -0.4 is 16.8 Å². The van der Waals surface area contributed by atoms with Gasteiger partial charge in [-0.25, -0.2) is 0 Å². The van der Waals surface area contributed by atoms with Crippen molar-refractivity contribution in [1.82, 2.24) is 4.98 Å². The van der Waals surface area contributed by atoms with Gasteiger partial charge in [-0.1, -0.05) is 0 Å². The summed E-state index contributed by atoms with van der Waals surface area (Å²) in [5.41, 5.74) is 12.0. The SMILES string of the molecule is CC1(C(=O)Nc2ccc3[nH]c(C(N)=O)cc3c2)CC(N)CCO1. The molecule has 122 valence electrons. The number of H-pyrrole nitrogens is 1. The molecule has 1 fully saturated rings. The Bertz CT molecular complexity index is 770. The number of nitrogens with one attached hydrogen (secondary N) is 2. The number of nitrogens with two attached hydrogens (primary N) is 2. The predicted molar refractivity (Wildman–Crippen MR) is 87.0 cm³/mol. The minimum Gasteiger partial charge on any atom is -0.365 e. The van der Waals surface area contributed by atoms with Gasteiger partial charge in [-0.15, -0.1) is 0 Å². The molecule has 2 unspecified atom stereocenters. The molecule has 0 aliphatic carbocycles. The van der Waals surface area contributed by atoms with Crippen LogP contribution in [-0.2, 0) is 9.53 Å². The van der Waals surface area contributed by atoms with E-state index in [1.54, 1.807) is 31.2 Å². The minimum atomic E-state index is -0.927. The Morgan fingerprint density at radius 2 is 2.17 bits per heavy atom. The number of aromatic nitrogens is 1. The monoisotopic (exact) mass is 316 g/mol. The van der Waals surface area contributed by atoms with Crippen molar-refractivity contribution in [3.8, 4) is 0 Å². The van der Waals surface area contributed by atoms with E-state index in [1.807, 2.05) is 0 Å². The number of hydrogen-bond acceptors (Lipinski definition) is 4. The zero-order valence-corrected chi connectivity index (χ0v) is 12.9. The maximum atomic E-state index is 12.5. The highest BCUT2D eigenvalue weighted by atomic mass is 16.5. The van der Waals surface area contributed by atoms with Gasteiger partial charge in [-0.05, 0) is 37.6 Å². The third-order valence-electron chi connectivity index (χ3n) is 4.19. The van der Waals surface area contributed by atoms with Crippen molar-refractivity contribution in [2.75, 3.05) is 11.9 Å². The van der Waals surface area contributed by atoms with E-state index < -0.39 is 11.5 Å². The predicted octanol–water partition coefficient (Wildman–Crippen LogP) is 1.10. The quantitative estimate of drug-likeness (QED) is 0.677. The molecule has 3 rings (SSSR count). The van der Waals surface area contributed by atoms with Crippen molar-refractivity contribution >= 4 is 28.4 Å². The zero-order valence-electron chi connectivity index (χ0n) is 12.9. The average molecular weight is 316 g/mol. The van der Waals surface area contributed by atoms with E-state index in [0.717, 1.165) is 17.3 Å². The van der Waals surface area contributed by atoms with Gasteiger partial charge in [0.05, 0.1) is 0 Å². The average Bonchev–Trinajstić information content (AvgIpc) is 2.90. The smallest absolute Gasteiger partial charge is 0.265 e. The van der Waals surface area contributed by atoms with Crippen LogP contribution in [-0.4, -0.2) is 35.0 Å². The first-order valence-electron chi connectivity index (χ1n) is 7.51. The molecule has 2 heterocycles. The number of rotatable bonds is 3. The van der Waals surface area contributed by atoms with Crippen molar-refractivity contribution < 1.29 is 14.3 Å². The highest BCUT2D eigenvalue weighted by Crippen LogP contribution is 2.27. The molecule has 7 heteroatoms. The Labute approximate surface area is 133 Å². The van der Waals surface area contributed by atoms with Gasteiger partial charge in [0.15, 0.2) is 0 Å². The van der Waals surface area contributed by atoms with E-state index in [0.29, 0.717) is 24.4 Å². The number of hydrogen-bond donors (Lipinski definition) is 4. The van der Waals surface area contributed by atoms with Gasteiger partial charge in [0.25, 0.3) is 11.8 Å². The van der Waals surface area contributed by atoms with Crippen LogP contribution in [0.15, 0.2) is 24.3 Å². The molecule has 1 aromatic carbocycles. The van der Waals surface area contributed by atoms with Crippen molar-refractivity contribution in [3.63, 3.8) is 0 Å². The lowest BCUT2D eigenvalue weighted by atomic mass is 9.91. The summed E-state index contributed by atoms with van der Waals surface area (Å²) in [7, 11) is 0. The first-order valence-corrected chi connectivity index (χ1v) is 7.51. The lowest BCUT2D eigenvalue weighted by Crippen LogP contribution is -2.50. The lowest BCUT2D eigenvalue weighted by Gasteiger charge is -2.35. The maximum absolute atomic E-state index is 12.5. The fourth-order valence-electron chi connectivity index (χ4n) is 2.86. The van der Waals surface area contributed by atoms with Gasteiger partial charge < -0.3 is 26.5 Å². The fraction of sp³-hybridized carbons (Fsp3) is 0.375. The Kier molecular flexibility index (Phi) is 3.83. The van der Waals surface area contributed by atoms with Crippen molar-refractivity contribution in [3.05, 3.63) is 30.0 Å². The molecule has 2 atom stereocenters.